The number of aliphatic hydroxyl groups is 2. The molecule has 1 aliphatic carbocycles. The lowest BCUT2D eigenvalue weighted by Gasteiger charge is -2.40. The van der Waals surface area contributed by atoms with E-state index in [4.69, 9.17) is 0 Å². The largest absolute Gasteiger partial charge is 0.390 e. The number of nitro groups is 1. The van der Waals surface area contributed by atoms with Gasteiger partial charge in [0.05, 0.1) is 16.6 Å². The lowest BCUT2D eigenvalue weighted by molar-refractivity contribution is -0.384. The number of nitro benzene ring substituents is 1. The first kappa shape index (κ1) is 14.0. The molecule has 0 bridgehead atoms. The van der Waals surface area contributed by atoms with Gasteiger partial charge in [-0.1, -0.05) is 12.8 Å². The monoisotopic (exact) mass is 265 g/mol. The van der Waals surface area contributed by atoms with Gasteiger partial charge in [-0.3, -0.25) is 10.1 Å². The van der Waals surface area contributed by atoms with E-state index >= 15 is 0 Å². The molecule has 0 heterocycles. The van der Waals surface area contributed by atoms with Crippen molar-refractivity contribution in [2.24, 2.45) is 5.92 Å². The van der Waals surface area contributed by atoms with Crippen molar-refractivity contribution in [2.75, 3.05) is 0 Å². The first-order valence-corrected chi connectivity index (χ1v) is 6.56. The molecule has 1 aliphatic rings. The molecule has 1 saturated carbocycles. The van der Waals surface area contributed by atoms with Gasteiger partial charge in [0.1, 0.15) is 0 Å². The Bertz CT molecular complexity index is 455. The molecular weight excluding hydrogens is 246 g/mol. The predicted octanol–water partition coefficient (Wildman–Crippen LogP) is 2.57. The van der Waals surface area contributed by atoms with Crippen molar-refractivity contribution in [1.29, 1.82) is 0 Å². The predicted molar refractivity (Wildman–Crippen MR) is 70.6 cm³/mol. The van der Waals surface area contributed by atoms with Gasteiger partial charge in [-0.2, -0.15) is 0 Å². The molecular formula is C14H19NO4. The normalized spacial score (nSPS) is 28.9. The van der Waals surface area contributed by atoms with Gasteiger partial charge in [-0.05, 0) is 37.5 Å². The minimum Gasteiger partial charge on any atom is -0.390 e. The summed E-state index contributed by atoms with van der Waals surface area (Å²) in [7, 11) is 0. The van der Waals surface area contributed by atoms with Crippen LogP contribution in [0.15, 0.2) is 24.3 Å². The summed E-state index contributed by atoms with van der Waals surface area (Å²) in [6, 6.07) is 5.90. The Kier molecular flexibility index (Phi) is 3.87. The van der Waals surface area contributed by atoms with Gasteiger partial charge < -0.3 is 10.2 Å². The van der Waals surface area contributed by atoms with E-state index in [1.54, 1.807) is 19.1 Å². The Morgan fingerprint density at radius 3 is 2.53 bits per heavy atom. The molecule has 0 aliphatic heterocycles. The lowest BCUT2D eigenvalue weighted by Crippen LogP contribution is -2.40. The molecule has 1 fully saturated rings. The third kappa shape index (κ3) is 2.93. The van der Waals surface area contributed by atoms with Crippen LogP contribution in [0.3, 0.4) is 0 Å². The van der Waals surface area contributed by atoms with E-state index in [9.17, 15) is 20.3 Å². The smallest absolute Gasteiger partial charge is 0.269 e. The Balaban J connectivity index is 2.18. The maximum absolute atomic E-state index is 10.6. The van der Waals surface area contributed by atoms with Crippen LogP contribution in [0, 0.1) is 16.0 Å². The van der Waals surface area contributed by atoms with Crippen LogP contribution in [0.1, 0.15) is 44.3 Å². The first-order chi connectivity index (χ1) is 8.92. The summed E-state index contributed by atoms with van der Waals surface area (Å²) in [5, 5.41) is 31.3. The highest BCUT2D eigenvalue weighted by atomic mass is 16.6. The van der Waals surface area contributed by atoms with E-state index in [-0.39, 0.29) is 11.6 Å². The highest BCUT2D eigenvalue weighted by Gasteiger charge is 2.39. The summed E-state index contributed by atoms with van der Waals surface area (Å²) in [4.78, 5) is 10.1. The summed E-state index contributed by atoms with van der Waals surface area (Å²) in [6.07, 6.45) is 2.63. The average molecular weight is 265 g/mol. The molecule has 0 saturated heterocycles. The summed E-state index contributed by atoms with van der Waals surface area (Å²) in [5.41, 5.74) is -0.247. The summed E-state index contributed by atoms with van der Waals surface area (Å²) in [6.45, 7) is 1.76. The standard InChI is InChI=1S/C14H19NO4/c1-14(17)9-3-2-4-12(14)13(16)10-5-7-11(8-6-10)15(18)19/h5-8,12-13,16-17H,2-4,9H2,1H3. The maximum Gasteiger partial charge on any atom is 0.269 e. The van der Waals surface area contributed by atoms with Crippen molar-refractivity contribution in [2.45, 2.75) is 44.3 Å². The number of aliphatic hydroxyl groups excluding tert-OH is 1. The minimum atomic E-state index is -0.876. The number of rotatable bonds is 3. The highest BCUT2D eigenvalue weighted by Crippen LogP contribution is 2.41. The Morgan fingerprint density at radius 1 is 1.37 bits per heavy atom. The zero-order chi connectivity index (χ0) is 14.0. The third-order valence-electron chi connectivity index (χ3n) is 4.07. The van der Waals surface area contributed by atoms with E-state index in [1.807, 2.05) is 0 Å². The molecule has 2 N–H and O–H groups in total. The van der Waals surface area contributed by atoms with Gasteiger partial charge in [0.15, 0.2) is 0 Å². The number of non-ortho nitro benzene ring substituents is 1. The van der Waals surface area contributed by atoms with Crippen molar-refractivity contribution in [1.82, 2.24) is 0 Å². The Hall–Kier alpha value is -1.46. The quantitative estimate of drug-likeness (QED) is 0.650. The molecule has 104 valence electrons. The number of nitrogens with zero attached hydrogens (tertiary/aromatic N) is 1. The average Bonchev–Trinajstić information content (AvgIpc) is 2.37. The van der Waals surface area contributed by atoms with Gasteiger partial charge >= 0.3 is 0 Å². The van der Waals surface area contributed by atoms with Crippen LogP contribution in [0.4, 0.5) is 5.69 Å². The summed E-state index contributed by atoms with van der Waals surface area (Å²) < 4.78 is 0. The van der Waals surface area contributed by atoms with Gasteiger partial charge in [0.2, 0.25) is 0 Å². The molecule has 0 aromatic heterocycles. The van der Waals surface area contributed by atoms with Crippen LogP contribution in [-0.2, 0) is 0 Å². The minimum absolute atomic E-state index is 0.00588. The van der Waals surface area contributed by atoms with Crippen LogP contribution in [-0.4, -0.2) is 20.7 Å². The summed E-state index contributed by atoms with van der Waals surface area (Å²) >= 11 is 0. The fraction of sp³-hybridized carbons (Fsp3) is 0.571. The van der Waals surface area contributed by atoms with Crippen LogP contribution >= 0.6 is 0 Å². The fourth-order valence-corrected chi connectivity index (χ4v) is 2.87. The fourth-order valence-electron chi connectivity index (χ4n) is 2.87. The van der Waals surface area contributed by atoms with Crippen LogP contribution in [0.25, 0.3) is 0 Å². The topological polar surface area (TPSA) is 83.6 Å². The number of hydrogen-bond donors (Lipinski definition) is 2. The molecule has 5 nitrogen and oxygen atoms in total. The zero-order valence-corrected chi connectivity index (χ0v) is 11.0. The number of hydrogen-bond acceptors (Lipinski definition) is 4. The van der Waals surface area contributed by atoms with E-state index in [0.29, 0.717) is 12.0 Å². The molecule has 3 atom stereocenters. The molecule has 0 radical (unpaired) electrons. The second-order valence-corrected chi connectivity index (χ2v) is 5.50. The Labute approximate surface area is 112 Å². The van der Waals surface area contributed by atoms with Crippen molar-refractivity contribution < 1.29 is 15.1 Å². The summed E-state index contributed by atoms with van der Waals surface area (Å²) in [5.74, 6) is -0.220. The Morgan fingerprint density at radius 2 is 2.00 bits per heavy atom. The van der Waals surface area contributed by atoms with E-state index < -0.39 is 16.6 Å². The van der Waals surface area contributed by atoms with Gasteiger partial charge in [-0.15, -0.1) is 0 Å². The third-order valence-corrected chi connectivity index (χ3v) is 4.07. The molecule has 0 amide bonds. The molecule has 3 unspecified atom stereocenters. The SMILES string of the molecule is CC1(O)CCCCC1C(O)c1ccc([N+](=O)[O-])cc1. The molecule has 2 rings (SSSR count). The molecule has 1 aromatic carbocycles. The molecule has 5 heteroatoms. The van der Waals surface area contributed by atoms with Crippen molar-refractivity contribution in [3.05, 3.63) is 39.9 Å². The number of benzene rings is 1. The van der Waals surface area contributed by atoms with Gasteiger partial charge in [0, 0.05) is 18.1 Å². The maximum atomic E-state index is 10.6. The van der Waals surface area contributed by atoms with E-state index in [0.717, 1.165) is 19.3 Å². The van der Waals surface area contributed by atoms with Crippen molar-refractivity contribution in [3.8, 4) is 0 Å². The second kappa shape index (κ2) is 5.27. The lowest BCUT2D eigenvalue weighted by atomic mass is 9.72. The molecule has 0 spiro atoms. The molecule has 1 aromatic rings. The second-order valence-electron chi connectivity index (χ2n) is 5.50. The first-order valence-electron chi connectivity index (χ1n) is 6.56. The molecule has 19 heavy (non-hydrogen) atoms. The van der Waals surface area contributed by atoms with E-state index in [2.05, 4.69) is 0 Å². The van der Waals surface area contributed by atoms with Gasteiger partial charge in [-0.25, -0.2) is 0 Å². The van der Waals surface area contributed by atoms with Crippen LogP contribution in [0.2, 0.25) is 0 Å². The zero-order valence-electron chi connectivity index (χ0n) is 11.0. The highest BCUT2D eigenvalue weighted by molar-refractivity contribution is 5.34. The van der Waals surface area contributed by atoms with E-state index in [1.165, 1.54) is 12.1 Å². The van der Waals surface area contributed by atoms with Crippen molar-refractivity contribution >= 4 is 5.69 Å². The van der Waals surface area contributed by atoms with Crippen LogP contribution < -0.4 is 0 Å². The van der Waals surface area contributed by atoms with Crippen LogP contribution in [0.5, 0.6) is 0 Å². The van der Waals surface area contributed by atoms with Crippen molar-refractivity contribution in [3.63, 3.8) is 0 Å². The van der Waals surface area contributed by atoms with Gasteiger partial charge in [0.25, 0.3) is 5.69 Å².